The second-order valence-corrected chi connectivity index (χ2v) is 10.5. The molecule has 2 N–H and O–H groups in total. The van der Waals surface area contributed by atoms with Crippen LogP contribution in [0.2, 0.25) is 5.02 Å². The van der Waals surface area contributed by atoms with Crippen LogP contribution < -0.4 is 10.2 Å². The van der Waals surface area contributed by atoms with Crippen LogP contribution in [0.1, 0.15) is 26.5 Å². The van der Waals surface area contributed by atoms with Crippen molar-refractivity contribution in [2.24, 2.45) is 0 Å². The molecule has 0 radical (unpaired) electrons. The summed E-state index contributed by atoms with van der Waals surface area (Å²) in [4.78, 5) is 25.8. The van der Waals surface area contributed by atoms with Crippen molar-refractivity contribution >= 4 is 44.9 Å². The standard InChI is InChI=1S/C29H23ClN4OS/c30-21-12-10-20(11-13-21)26-16-23(22-8-4-5-9-24(22)31-26)28(35)33-29-32-25-14-15-34(18-27(25)36-29)17-19-6-2-1-3-7-19/h1-13,16H,14-15,17-18H2,(H,32,33,35)/p+1. The van der Waals surface area contributed by atoms with E-state index in [2.05, 4.69) is 35.6 Å². The third-order valence-corrected chi connectivity index (χ3v) is 7.79. The molecule has 1 amide bonds. The molecular weight excluding hydrogens is 488 g/mol. The molecule has 2 aromatic heterocycles. The number of para-hydroxylation sites is 1. The van der Waals surface area contributed by atoms with Crippen molar-refractivity contribution in [1.82, 2.24) is 9.97 Å². The van der Waals surface area contributed by atoms with Crippen LogP contribution >= 0.6 is 22.9 Å². The molecule has 6 rings (SSSR count). The van der Waals surface area contributed by atoms with E-state index < -0.39 is 0 Å². The number of amides is 1. The minimum absolute atomic E-state index is 0.177. The first-order chi connectivity index (χ1) is 17.6. The van der Waals surface area contributed by atoms with E-state index in [0.29, 0.717) is 15.7 Å². The van der Waals surface area contributed by atoms with Crippen LogP contribution in [0.4, 0.5) is 5.13 Å². The van der Waals surface area contributed by atoms with Crippen molar-refractivity contribution in [3.05, 3.63) is 112 Å². The normalized spacial score (nSPS) is 15.0. The van der Waals surface area contributed by atoms with Gasteiger partial charge >= 0.3 is 0 Å². The first kappa shape index (κ1) is 22.9. The molecule has 0 spiro atoms. The fraction of sp³-hybridized carbons (Fsp3) is 0.138. The molecule has 5 aromatic rings. The van der Waals surface area contributed by atoms with E-state index in [1.54, 1.807) is 11.3 Å². The first-order valence-electron chi connectivity index (χ1n) is 12.0. The third kappa shape index (κ3) is 4.75. The maximum atomic E-state index is 13.5. The van der Waals surface area contributed by atoms with Gasteiger partial charge < -0.3 is 4.90 Å². The van der Waals surface area contributed by atoms with Gasteiger partial charge in [0.1, 0.15) is 13.1 Å². The zero-order valence-electron chi connectivity index (χ0n) is 19.5. The number of nitrogens with zero attached hydrogens (tertiary/aromatic N) is 2. The van der Waals surface area contributed by atoms with Crippen molar-refractivity contribution in [1.29, 1.82) is 0 Å². The van der Waals surface area contributed by atoms with E-state index >= 15 is 0 Å². The van der Waals surface area contributed by atoms with E-state index in [1.165, 1.54) is 15.3 Å². The Morgan fingerprint density at radius 1 is 0.972 bits per heavy atom. The number of benzene rings is 3. The van der Waals surface area contributed by atoms with Gasteiger partial charge in [-0.15, -0.1) is 0 Å². The van der Waals surface area contributed by atoms with Crippen LogP contribution in [0.25, 0.3) is 22.2 Å². The molecule has 0 aliphatic carbocycles. The van der Waals surface area contributed by atoms with Gasteiger partial charge in [-0.1, -0.05) is 83.6 Å². The van der Waals surface area contributed by atoms with Gasteiger partial charge in [-0.3, -0.25) is 10.1 Å². The van der Waals surface area contributed by atoms with Crippen molar-refractivity contribution in [3.8, 4) is 11.3 Å². The lowest BCUT2D eigenvalue weighted by Crippen LogP contribution is -3.10. The number of quaternary nitrogens is 1. The van der Waals surface area contributed by atoms with Gasteiger partial charge in [0.25, 0.3) is 5.91 Å². The highest BCUT2D eigenvalue weighted by molar-refractivity contribution is 7.15. The topological polar surface area (TPSA) is 59.3 Å². The van der Waals surface area contributed by atoms with Gasteiger partial charge in [-0.25, -0.2) is 9.97 Å². The Morgan fingerprint density at radius 2 is 1.75 bits per heavy atom. The van der Waals surface area contributed by atoms with Gasteiger partial charge in [-0.2, -0.15) is 0 Å². The first-order valence-corrected chi connectivity index (χ1v) is 13.1. The van der Waals surface area contributed by atoms with Crippen molar-refractivity contribution in [2.75, 3.05) is 11.9 Å². The molecule has 178 valence electrons. The molecule has 3 heterocycles. The number of halogens is 1. The minimum Gasteiger partial charge on any atom is -0.326 e. The zero-order valence-corrected chi connectivity index (χ0v) is 21.1. The molecule has 7 heteroatoms. The second-order valence-electron chi connectivity index (χ2n) is 9.01. The van der Waals surface area contributed by atoms with Crippen molar-refractivity contribution < 1.29 is 9.69 Å². The number of rotatable bonds is 5. The quantitative estimate of drug-likeness (QED) is 0.332. The van der Waals surface area contributed by atoms with Crippen molar-refractivity contribution in [3.63, 3.8) is 0 Å². The number of fused-ring (bicyclic) bond motifs is 2. The van der Waals surface area contributed by atoms with Crippen LogP contribution in [-0.4, -0.2) is 22.4 Å². The Bertz CT molecular complexity index is 1550. The molecule has 36 heavy (non-hydrogen) atoms. The number of pyridine rings is 1. The summed E-state index contributed by atoms with van der Waals surface area (Å²) < 4.78 is 0. The maximum Gasteiger partial charge on any atom is 0.258 e. The van der Waals surface area contributed by atoms with E-state index in [4.69, 9.17) is 21.6 Å². The third-order valence-electron chi connectivity index (χ3n) is 6.52. The van der Waals surface area contributed by atoms with Crippen molar-refractivity contribution in [2.45, 2.75) is 19.5 Å². The highest BCUT2D eigenvalue weighted by Crippen LogP contribution is 2.28. The number of carbonyl (C=O) groups excluding carboxylic acids is 1. The number of nitrogens with one attached hydrogen (secondary N) is 2. The maximum absolute atomic E-state index is 13.5. The Hall–Kier alpha value is -3.58. The van der Waals surface area contributed by atoms with Gasteiger partial charge in [-0.05, 0) is 24.3 Å². The second kappa shape index (κ2) is 9.82. The van der Waals surface area contributed by atoms with Crippen LogP contribution in [-0.2, 0) is 19.5 Å². The van der Waals surface area contributed by atoms with E-state index in [1.807, 2.05) is 54.6 Å². The zero-order chi connectivity index (χ0) is 24.5. The Balaban J connectivity index is 1.25. The lowest BCUT2D eigenvalue weighted by atomic mass is 10.0. The van der Waals surface area contributed by atoms with Crippen LogP contribution in [0.5, 0.6) is 0 Å². The summed E-state index contributed by atoms with van der Waals surface area (Å²) in [5, 5.41) is 5.20. The molecule has 0 saturated heterocycles. The Morgan fingerprint density at radius 3 is 2.58 bits per heavy atom. The predicted octanol–water partition coefficient (Wildman–Crippen LogP) is 5.41. The molecule has 0 saturated carbocycles. The number of hydrogen-bond donors (Lipinski definition) is 2. The molecular formula is C29H24ClN4OS+. The van der Waals surface area contributed by atoms with Crippen LogP contribution in [0.3, 0.4) is 0 Å². The highest BCUT2D eigenvalue weighted by Gasteiger charge is 2.25. The number of aromatic nitrogens is 2. The lowest BCUT2D eigenvalue weighted by Gasteiger charge is -2.22. The van der Waals surface area contributed by atoms with Gasteiger partial charge in [0, 0.05) is 28.0 Å². The summed E-state index contributed by atoms with van der Waals surface area (Å²) in [5.74, 6) is -0.177. The summed E-state index contributed by atoms with van der Waals surface area (Å²) >= 11 is 7.65. The number of carbonyl (C=O) groups is 1. The molecule has 1 aliphatic heterocycles. The fourth-order valence-electron chi connectivity index (χ4n) is 4.71. The molecule has 5 nitrogen and oxygen atoms in total. The minimum atomic E-state index is -0.177. The Kier molecular flexibility index (Phi) is 6.23. The molecule has 0 fully saturated rings. The summed E-state index contributed by atoms with van der Waals surface area (Å²) in [5.41, 5.74) is 5.44. The van der Waals surface area contributed by atoms with Gasteiger partial charge in [0.2, 0.25) is 0 Å². The molecule has 1 aliphatic rings. The van der Waals surface area contributed by atoms with Gasteiger partial charge in [0.05, 0.1) is 33.9 Å². The molecule has 1 atom stereocenters. The van der Waals surface area contributed by atoms with Gasteiger partial charge in [0.15, 0.2) is 5.13 Å². The van der Waals surface area contributed by atoms with E-state index in [9.17, 15) is 4.79 Å². The molecule has 1 unspecified atom stereocenters. The summed E-state index contributed by atoms with van der Waals surface area (Å²) in [6, 6.07) is 27.6. The molecule has 3 aromatic carbocycles. The summed E-state index contributed by atoms with van der Waals surface area (Å²) in [6.45, 7) is 2.96. The predicted molar refractivity (Wildman–Crippen MR) is 146 cm³/mol. The highest BCUT2D eigenvalue weighted by atomic mass is 35.5. The lowest BCUT2D eigenvalue weighted by molar-refractivity contribution is -0.929. The van der Waals surface area contributed by atoms with Crippen LogP contribution in [0, 0.1) is 0 Å². The average molecular weight is 512 g/mol. The summed E-state index contributed by atoms with van der Waals surface area (Å²) in [6.07, 6.45) is 0.919. The monoisotopic (exact) mass is 511 g/mol. The number of thiazole rings is 1. The largest absolute Gasteiger partial charge is 0.326 e. The Labute approximate surface area is 218 Å². The molecule has 0 bridgehead atoms. The number of hydrogen-bond acceptors (Lipinski definition) is 4. The summed E-state index contributed by atoms with van der Waals surface area (Å²) in [7, 11) is 0. The fourth-order valence-corrected chi connectivity index (χ4v) is 5.91. The van der Waals surface area contributed by atoms with E-state index in [-0.39, 0.29) is 5.91 Å². The van der Waals surface area contributed by atoms with E-state index in [0.717, 1.165) is 53.9 Å². The smallest absolute Gasteiger partial charge is 0.258 e. The number of anilines is 1. The SMILES string of the molecule is O=C(Nc1nc2c(s1)C[NH+](Cc1ccccc1)CC2)c1cc(-c2ccc(Cl)cc2)nc2ccccc12. The van der Waals surface area contributed by atoms with Crippen LogP contribution in [0.15, 0.2) is 84.9 Å². The average Bonchev–Trinajstić information content (AvgIpc) is 3.30.